The van der Waals surface area contributed by atoms with Crippen LogP contribution in [0.1, 0.15) is 24.8 Å². The second-order valence-corrected chi connectivity index (χ2v) is 6.32. The van der Waals surface area contributed by atoms with Crippen molar-refractivity contribution in [3.8, 4) is 0 Å². The first-order valence-electron chi connectivity index (χ1n) is 7.78. The number of aromatic nitrogens is 2. The molecular weight excluding hydrogens is 304 g/mol. The zero-order valence-electron chi connectivity index (χ0n) is 13.3. The molecule has 1 saturated heterocycles. The third-order valence-corrected chi connectivity index (χ3v) is 4.62. The van der Waals surface area contributed by atoms with Crippen molar-refractivity contribution in [2.75, 3.05) is 33.3 Å². The molecule has 22 heavy (non-hydrogen) atoms. The number of aliphatic hydroxyl groups excluding tert-OH is 1. The van der Waals surface area contributed by atoms with E-state index in [1.807, 2.05) is 4.90 Å². The first-order valence-corrected chi connectivity index (χ1v) is 8.16. The van der Waals surface area contributed by atoms with Crippen molar-refractivity contribution in [2.45, 2.75) is 31.7 Å². The Hall–Kier alpha value is -1.11. The van der Waals surface area contributed by atoms with E-state index >= 15 is 0 Å². The summed E-state index contributed by atoms with van der Waals surface area (Å²) in [7, 11) is 3.89. The fourth-order valence-electron chi connectivity index (χ4n) is 2.96. The number of rotatable bonds is 6. The topological polar surface area (TPSA) is 61.6 Å². The maximum atomic E-state index is 12.4. The van der Waals surface area contributed by atoms with Gasteiger partial charge in [0.1, 0.15) is 0 Å². The minimum atomic E-state index is 0.117. The number of amides is 1. The molecule has 7 heteroatoms. The average Bonchev–Trinajstić information content (AvgIpc) is 2.82. The van der Waals surface area contributed by atoms with Gasteiger partial charge in [-0.2, -0.15) is 5.10 Å². The Labute approximate surface area is 136 Å². The van der Waals surface area contributed by atoms with Crippen LogP contribution < -0.4 is 0 Å². The van der Waals surface area contributed by atoms with Gasteiger partial charge in [-0.3, -0.25) is 9.48 Å². The van der Waals surface area contributed by atoms with Crippen molar-refractivity contribution >= 4 is 17.5 Å². The summed E-state index contributed by atoms with van der Waals surface area (Å²) < 4.78 is 1.63. The van der Waals surface area contributed by atoms with Gasteiger partial charge in [0, 0.05) is 51.1 Å². The molecule has 1 N–H and O–H groups in total. The lowest BCUT2D eigenvalue weighted by molar-refractivity contribution is -0.132. The van der Waals surface area contributed by atoms with E-state index in [1.54, 1.807) is 17.9 Å². The van der Waals surface area contributed by atoms with Gasteiger partial charge in [-0.15, -0.1) is 0 Å². The van der Waals surface area contributed by atoms with Crippen LogP contribution in [-0.2, 0) is 18.3 Å². The molecule has 1 amide bonds. The van der Waals surface area contributed by atoms with Crippen LogP contribution in [0, 0.1) is 0 Å². The lowest BCUT2D eigenvalue weighted by Crippen LogP contribution is -2.46. The number of carbonyl (C=O) groups excluding carboxylic acids is 1. The van der Waals surface area contributed by atoms with Crippen LogP contribution in [0.4, 0.5) is 0 Å². The highest BCUT2D eigenvalue weighted by Gasteiger charge is 2.25. The number of halogens is 1. The van der Waals surface area contributed by atoms with Crippen LogP contribution in [0.5, 0.6) is 0 Å². The quantitative estimate of drug-likeness (QED) is 0.843. The molecule has 0 atom stereocenters. The molecule has 6 nitrogen and oxygen atoms in total. The van der Waals surface area contributed by atoms with Gasteiger partial charge >= 0.3 is 0 Å². The van der Waals surface area contributed by atoms with E-state index in [4.69, 9.17) is 16.7 Å². The second kappa shape index (κ2) is 7.94. The van der Waals surface area contributed by atoms with Gasteiger partial charge in [-0.05, 0) is 26.3 Å². The highest BCUT2D eigenvalue weighted by molar-refractivity contribution is 6.30. The SMILES string of the molecule is CN(CCCO)C1CCN(C(=O)Cc2cn(C)nc2Cl)CC1. The Bertz CT molecular complexity index is 498. The molecule has 0 unspecified atom stereocenters. The van der Waals surface area contributed by atoms with E-state index < -0.39 is 0 Å². The molecular formula is C15H25ClN4O2. The predicted molar refractivity (Wildman–Crippen MR) is 85.9 cm³/mol. The first-order chi connectivity index (χ1) is 10.5. The summed E-state index contributed by atoms with van der Waals surface area (Å²) in [6.07, 6.45) is 4.88. The standard InChI is InChI=1S/C15H25ClN4O2/c1-18(6-3-9-21)13-4-7-20(8-5-13)14(22)10-12-11-19(2)17-15(12)16/h11,13,21H,3-10H2,1-2H3. The number of carbonyl (C=O) groups is 1. The van der Waals surface area contributed by atoms with Crippen molar-refractivity contribution in [1.29, 1.82) is 0 Å². The van der Waals surface area contributed by atoms with Crippen molar-refractivity contribution in [2.24, 2.45) is 7.05 Å². The predicted octanol–water partition coefficient (Wildman–Crippen LogP) is 0.921. The van der Waals surface area contributed by atoms with Crippen LogP contribution in [-0.4, -0.2) is 69.9 Å². The molecule has 0 aliphatic carbocycles. The normalized spacial score (nSPS) is 16.5. The second-order valence-electron chi connectivity index (χ2n) is 5.97. The maximum Gasteiger partial charge on any atom is 0.227 e. The average molecular weight is 329 g/mol. The van der Waals surface area contributed by atoms with E-state index in [1.165, 1.54) is 0 Å². The number of nitrogens with zero attached hydrogens (tertiary/aromatic N) is 4. The van der Waals surface area contributed by atoms with E-state index in [-0.39, 0.29) is 12.5 Å². The van der Waals surface area contributed by atoms with E-state index in [0.717, 1.165) is 44.5 Å². The Morgan fingerprint density at radius 1 is 1.50 bits per heavy atom. The monoisotopic (exact) mass is 328 g/mol. The smallest absolute Gasteiger partial charge is 0.227 e. The minimum Gasteiger partial charge on any atom is -0.396 e. The Morgan fingerprint density at radius 3 is 2.73 bits per heavy atom. The molecule has 124 valence electrons. The van der Waals surface area contributed by atoms with Crippen molar-refractivity contribution in [1.82, 2.24) is 19.6 Å². The number of aryl methyl sites for hydroxylation is 1. The van der Waals surface area contributed by atoms with Gasteiger partial charge in [0.15, 0.2) is 5.15 Å². The molecule has 2 heterocycles. The fourth-order valence-corrected chi connectivity index (χ4v) is 3.20. The van der Waals surface area contributed by atoms with Gasteiger partial charge in [0.2, 0.25) is 5.91 Å². The van der Waals surface area contributed by atoms with Gasteiger partial charge in [-0.25, -0.2) is 0 Å². The summed E-state index contributed by atoms with van der Waals surface area (Å²) in [4.78, 5) is 16.6. The van der Waals surface area contributed by atoms with Gasteiger partial charge in [0.25, 0.3) is 0 Å². The first kappa shape index (κ1) is 17.2. The molecule has 0 bridgehead atoms. The van der Waals surface area contributed by atoms with Crippen LogP contribution in [0.25, 0.3) is 0 Å². The fraction of sp³-hybridized carbons (Fsp3) is 0.733. The van der Waals surface area contributed by atoms with E-state index in [9.17, 15) is 4.79 Å². The summed E-state index contributed by atoms with van der Waals surface area (Å²) in [5, 5.41) is 13.4. The number of likely N-dealkylation sites (tertiary alicyclic amines) is 1. The van der Waals surface area contributed by atoms with Gasteiger partial charge < -0.3 is 14.9 Å². The molecule has 0 spiro atoms. The number of aliphatic hydroxyl groups is 1. The Kier molecular flexibility index (Phi) is 6.23. The van der Waals surface area contributed by atoms with Crippen molar-refractivity contribution in [3.63, 3.8) is 0 Å². The van der Waals surface area contributed by atoms with Crippen LogP contribution in [0.15, 0.2) is 6.20 Å². The molecule has 1 aliphatic rings. The third kappa shape index (κ3) is 4.44. The summed E-state index contributed by atoms with van der Waals surface area (Å²) in [5.41, 5.74) is 0.788. The number of piperidine rings is 1. The zero-order chi connectivity index (χ0) is 16.1. The molecule has 0 aromatic carbocycles. The third-order valence-electron chi connectivity index (χ3n) is 4.30. The van der Waals surface area contributed by atoms with Gasteiger partial charge in [0.05, 0.1) is 6.42 Å². The van der Waals surface area contributed by atoms with E-state index in [0.29, 0.717) is 17.6 Å². The summed E-state index contributed by atoms with van der Waals surface area (Å²) in [6.45, 7) is 2.70. The van der Waals surface area contributed by atoms with Gasteiger partial charge in [-0.1, -0.05) is 11.6 Å². The number of hydrogen-bond donors (Lipinski definition) is 1. The lowest BCUT2D eigenvalue weighted by atomic mass is 10.0. The van der Waals surface area contributed by atoms with Crippen LogP contribution >= 0.6 is 11.6 Å². The molecule has 1 fully saturated rings. The lowest BCUT2D eigenvalue weighted by Gasteiger charge is -2.36. The highest BCUT2D eigenvalue weighted by atomic mass is 35.5. The summed E-state index contributed by atoms with van der Waals surface area (Å²) >= 11 is 6.01. The highest BCUT2D eigenvalue weighted by Crippen LogP contribution is 2.18. The Morgan fingerprint density at radius 2 is 2.18 bits per heavy atom. The van der Waals surface area contributed by atoms with E-state index in [2.05, 4.69) is 17.0 Å². The Balaban J connectivity index is 1.81. The van der Waals surface area contributed by atoms with Crippen molar-refractivity contribution in [3.05, 3.63) is 16.9 Å². The largest absolute Gasteiger partial charge is 0.396 e. The summed E-state index contributed by atoms with van der Waals surface area (Å²) in [6, 6.07) is 0.498. The molecule has 1 aliphatic heterocycles. The maximum absolute atomic E-state index is 12.4. The zero-order valence-corrected chi connectivity index (χ0v) is 14.1. The van der Waals surface area contributed by atoms with Crippen molar-refractivity contribution < 1.29 is 9.90 Å². The molecule has 0 radical (unpaired) electrons. The molecule has 1 aromatic rings. The summed E-state index contributed by atoms with van der Waals surface area (Å²) in [5.74, 6) is 0.117. The van der Waals surface area contributed by atoms with Crippen LogP contribution in [0.2, 0.25) is 5.15 Å². The van der Waals surface area contributed by atoms with Crippen LogP contribution in [0.3, 0.4) is 0 Å². The number of hydrogen-bond acceptors (Lipinski definition) is 4. The minimum absolute atomic E-state index is 0.117. The molecule has 0 saturated carbocycles. The molecule has 1 aromatic heterocycles. The molecule has 2 rings (SSSR count).